The van der Waals surface area contributed by atoms with Crippen LogP contribution in [0.3, 0.4) is 0 Å². The Hall–Kier alpha value is -5.09. The lowest BCUT2D eigenvalue weighted by Gasteiger charge is -2.21. The highest BCUT2D eigenvalue weighted by Crippen LogP contribution is 2.51. The molecule has 0 unspecified atom stereocenters. The summed E-state index contributed by atoms with van der Waals surface area (Å²) in [5.74, 6) is 0. The molecule has 0 radical (unpaired) electrons. The first kappa shape index (κ1) is 22.9. The number of aromatic nitrogens is 4. The van der Waals surface area contributed by atoms with Gasteiger partial charge in [0.1, 0.15) is 0 Å². The summed E-state index contributed by atoms with van der Waals surface area (Å²) in [6.45, 7) is 4.67. The summed E-state index contributed by atoms with van der Waals surface area (Å²) in [6, 6.07) is 34.7. The quantitative estimate of drug-likeness (QED) is 0.237. The van der Waals surface area contributed by atoms with Crippen LogP contribution in [0.25, 0.3) is 61.1 Å². The lowest BCUT2D eigenvalue weighted by atomic mass is 9.82. The molecule has 0 saturated carbocycles. The molecule has 0 atom stereocenters. The molecule has 3 aromatic carbocycles. The van der Waals surface area contributed by atoms with Gasteiger partial charge in [-0.1, -0.05) is 56.3 Å². The maximum atomic E-state index is 5.06. The molecule has 0 aliphatic heterocycles. The Kier molecular flexibility index (Phi) is 4.83. The van der Waals surface area contributed by atoms with E-state index in [9.17, 15) is 0 Å². The highest BCUT2D eigenvalue weighted by molar-refractivity contribution is 6.11. The van der Waals surface area contributed by atoms with Crippen LogP contribution >= 0.6 is 0 Å². The lowest BCUT2D eigenvalue weighted by molar-refractivity contribution is 0.661. The molecule has 0 amide bonds. The SMILES string of the molecule is CC1(C)c2ccccc2-c2cc3c4ccccc4n(-c4cc(-c5cccnc5)nc(-c5cccnc5)c4)c3cc21. The molecular formula is C36H26N4. The predicted octanol–water partition coefficient (Wildman–Crippen LogP) is 8.61. The van der Waals surface area contributed by atoms with Gasteiger partial charge in [-0.2, -0.15) is 0 Å². The van der Waals surface area contributed by atoms with Crippen molar-refractivity contribution in [3.63, 3.8) is 0 Å². The Morgan fingerprint density at radius 3 is 1.95 bits per heavy atom. The van der Waals surface area contributed by atoms with E-state index in [2.05, 4.69) is 113 Å². The van der Waals surface area contributed by atoms with Gasteiger partial charge in [0.25, 0.3) is 0 Å². The van der Waals surface area contributed by atoms with E-state index in [1.54, 1.807) is 12.4 Å². The van der Waals surface area contributed by atoms with Crippen molar-refractivity contribution >= 4 is 21.8 Å². The minimum Gasteiger partial charge on any atom is -0.309 e. The number of para-hydroxylation sites is 1. The zero-order valence-corrected chi connectivity index (χ0v) is 22.3. The monoisotopic (exact) mass is 514 g/mol. The van der Waals surface area contributed by atoms with Gasteiger partial charge in [-0.3, -0.25) is 9.97 Å². The number of fused-ring (bicyclic) bond motifs is 6. The summed E-state index contributed by atoms with van der Waals surface area (Å²) in [5, 5.41) is 2.50. The molecule has 0 bridgehead atoms. The van der Waals surface area contributed by atoms with E-state index in [0.29, 0.717) is 0 Å². The highest BCUT2D eigenvalue weighted by atomic mass is 15.0. The maximum absolute atomic E-state index is 5.06. The number of nitrogens with zero attached hydrogens (tertiary/aromatic N) is 4. The average molecular weight is 515 g/mol. The van der Waals surface area contributed by atoms with Gasteiger partial charge in [-0.25, -0.2) is 4.98 Å². The number of hydrogen-bond acceptors (Lipinski definition) is 3. The van der Waals surface area contributed by atoms with Gasteiger partial charge in [0.15, 0.2) is 0 Å². The second-order valence-electron chi connectivity index (χ2n) is 11.0. The van der Waals surface area contributed by atoms with Crippen molar-refractivity contribution in [1.82, 2.24) is 19.5 Å². The summed E-state index contributed by atoms with van der Waals surface area (Å²) >= 11 is 0. The normalized spacial score (nSPS) is 13.4. The Bertz CT molecular complexity index is 2010. The van der Waals surface area contributed by atoms with Crippen LogP contribution in [0.2, 0.25) is 0 Å². The van der Waals surface area contributed by atoms with Crippen molar-refractivity contribution in [3.8, 4) is 39.3 Å². The second kappa shape index (κ2) is 8.45. The Labute approximate surface area is 232 Å². The van der Waals surface area contributed by atoms with Crippen LogP contribution in [0.5, 0.6) is 0 Å². The van der Waals surface area contributed by atoms with Gasteiger partial charge in [0, 0.05) is 52.1 Å². The first-order chi connectivity index (χ1) is 19.6. The zero-order valence-electron chi connectivity index (χ0n) is 22.3. The average Bonchev–Trinajstić information content (AvgIpc) is 3.45. The van der Waals surface area contributed by atoms with Gasteiger partial charge < -0.3 is 4.57 Å². The standard InChI is InChI=1S/C36H26N4/c1-36(2)30-13-5-3-11-26(30)28-19-29-27-12-4-6-14-34(27)40(35(29)20-31(28)36)25-17-32(23-9-7-15-37-21-23)39-33(18-25)24-10-8-16-38-22-24/h3-22H,1-2H3. The molecule has 4 heteroatoms. The molecule has 4 nitrogen and oxygen atoms in total. The van der Waals surface area contributed by atoms with Gasteiger partial charge in [0.05, 0.1) is 28.1 Å². The Morgan fingerprint density at radius 1 is 0.575 bits per heavy atom. The van der Waals surface area contributed by atoms with Crippen molar-refractivity contribution in [3.05, 3.63) is 133 Å². The Morgan fingerprint density at radius 2 is 1.25 bits per heavy atom. The van der Waals surface area contributed by atoms with Crippen molar-refractivity contribution in [2.45, 2.75) is 19.3 Å². The Balaban J connectivity index is 1.46. The van der Waals surface area contributed by atoms with E-state index in [-0.39, 0.29) is 5.41 Å². The smallest absolute Gasteiger partial charge is 0.0745 e. The van der Waals surface area contributed by atoms with Crippen LogP contribution in [0, 0.1) is 0 Å². The fourth-order valence-corrected chi connectivity index (χ4v) is 6.41. The predicted molar refractivity (Wildman–Crippen MR) is 163 cm³/mol. The molecule has 0 N–H and O–H groups in total. The van der Waals surface area contributed by atoms with E-state index in [0.717, 1.165) is 28.2 Å². The molecule has 7 aromatic rings. The van der Waals surface area contributed by atoms with Crippen LogP contribution in [-0.4, -0.2) is 19.5 Å². The summed E-state index contributed by atoms with van der Waals surface area (Å²) in [4.78, 5) is 13.8. The number of hydrogen-bond donors (Lipinski definition) is 0. The minimum absolute atomic E-state index is 0.0820. The fraction of sp³-hybridized carbons (Fsp3) is 0.0833. The van der Waals surface area contributed by atoms with Crippen LogP contribution < -0.4 is 0 Å². The third-order valence-corrected chi connectivity index (χ3v) is 8.36. The zero-order chi connectivity index (χ0) is 26.8. The summed E-state index contributed by atoms with van der Waals surface area (Å²) in [7, 11) is 0. The maximum Gasteiger partial charge on any atom is 0.0745 e. The summed E-state index contributed by atoms with van der Waals surface area (Å²) < 4.78 is 2.39. The van der Waals surface area contributed by atoms with Crippen molar-refractivity contribution in [2.75, 3.05) is 0 Å². The molecular weight excluding hydrogens is 488 g/mol. The van der Waals surface area contributed by atoms with Crippen LogP contribution in [0.4, 0.5) is 0 Å². The lowest BCUT2D eigenvalue weighted by Crippen LogP contribution is -2.15. The first-order valence-electron chi connectivity index (χ1n) is 13.6. The van der Waals surface area contributed by atoms with E-state index < -0.39 is 0 Å². The fourth-order valence-electron chi connectivity index (χ4n) is 6.41. The molecule has 8 rings (SSSR count). The van der Waals surface area contributed by atoms with E-state index in [1.165, 1.54) is 44.1 Å². The molecule has 4 heterocycles. The van der Waals surface area contributed by atoms with Crippen molar-refractivity contribution in [1.29, 1.82) is 0 Å². The molecule has 1 aliphatic carbocycles. The molecule has 40 heavy (non-hydrogen) atoms. The molecule has 0 spiro atoms. The number of rotatable bonds is 3. The van der Waals surface area contributed by atoms with E-state index in [4.69, 9.17) is 4.98 Å². The van der Waals surface area contributed by atoms with Gasteiger partial charge in [0.2, 0.25) is 0 Å². The first-order valence-corrected chi connectivity index (χ1v) is 13.6. The summed E-state index contributed by atoms with van der Waals surface area (Å²) in [5.41, 5.74) is 12.5. The van der Waals surface area contributed by atoms with Gasteiger partial charge >= 0.3 is 0 Å². The molecule has 0 fully saturated rings. The molecule has 1 aliphatic rings. The van der Waals surface area contributed by atoms with Crippen molar-refractivity contribution < 1.29 is 0 Å². The molecule has 0 saturated heterocycles. The highest BCUT2D eigenvalue weighted by Gasteiger charge is 2.36. The topological polar surface area (TPSA) is 43.6 Å². The van der Waals surface area contributed by atoms with Gasteiger partial charge in [-0.15, -0.1) is 0 Å². The number of benzene rings is 3. The minimum atomic E-state index is -0.0820. The van der Waals surface area contributed by atoms with E-state index >= 15 is 0 Å². The summed E-state index contributed by atoms with van der Waals surface area (Å²) in [6.07, 6.45) is 7.33. The van der Waals surface area contributed by atoms with Crippen LogP contribution in [0.1, 0.15) is 25.0 Å². The molecule has 4 aromatic heterocycles. The number of pyridine rings is 3. The third kappa shape index (κ3) is 3.29. The van der Waals surface area contributed by atoms with Gasteiger partial charge in [-0.05, 0) is 76.9 Å². The van der Waals surface area contributed by atoms with Crippen LogP contribution in [0.15, 0.2) is 122 Å². The third-order valence-electron chi connectivity index (χ3n) is 8.36. The largest absolute Gasteiger partial charge is 0.309 e. The molecule has 190 valence electrons. The second-order valence-corrected chi connectivity index (χ2v) is 11.0. The van der Waals surface area contributed by atoms with Crippen LogP contribution in [-0.2, 0) is 5.41 Å². The van der Waals surface area contributed by atoms with E-state index in [1.807, 2.05) is 24.5 Å². The van der Waals surface area contributed by atoms with Crippen molar-refractivity contribution in [2.24, 2.45) is 0 Å².